The fourth-order valence-corrected chi connectivity index (χ4v) is 0.915. The summed E-state index contributed by atoms with van der Waals surface area (Å²) in [5.74, 6) is -0.371. The Morgan fingerprint density at radius 3 is 2.94 bits per heavy atom. The molecule has 0 bridgehead atoms. The number of carbonyl (C=O) groups excluding carboxylic acids is 1. The monoisotopic (exact) mass is 225 g/mol. The Balaban J connectivity index is 2.52. The first kappa shape index (κ1) is 11.9. The second kappa shape index (κ2) is 5.64. The van der Waals surface area contributed by atoms with Gasteiger partial charge in [0.15, 0.2) is 0 Å². The van der Waals surface area contributed by atoms with Gasteiger partial charge in [-0.3, -0.25) is 14.6 Å². The lowest BCUT2D eigenvalue weighted by Gasteiger charge is -1.98. The van der Waals surface area contributed by atoms with Gasteiger partial charge in [-0.05, 0) is 6.08 Å². The molecule has 0 atom stereocenters. The summed E-state index contributed by atoms with van der Waals surface area (Å²) in [5.41, 5.74) is -1.12. The first-order valence-corrected chi connectivity index (χ1v) is 4.54. The molecule has 0 saturated heterocycles. The van der Waals surface area contributed by atoms with Crippen LogP contribution in [-0.4, -0.2) is 27.3 Å². The van der Waals surface area contributed by atoms with E-state index in [1.54, 1.807) is 12.2 Å². The number of rotatable bonds is 4. The number of nitrogens with one attached hydrogen (secondary N) is 1. The summed E-state index contributed by atoms with van der Waals surface area (Å²) in [6.45, 7) is 1.66. The minimum atomic E-state index is -0.579. The maximum Gasteiger partial charge on any atom is 0.345 e. The number of allylic oxidation sites excluding steroid dienone is 1. The summed E-state index contributed by atoms with van der Waals surface area (Å²) in [5, 5.41) is 3.61. The van der Waals surface area contributed by atoms with Crippen molar-refractivity contribution in [1.82, 2.24) is 14.8 Å². The van der Waals surface area contributed by atoms with E-state index in [4.69, 9.17) is 0 Å². The van der Waals surface area contributed by atoms with Crippen LogP contribution in [0.15, 0.2) is 27.9 Å². The van der Waals surface area contributed by atoms with Crippen molar-refractivity contribution in [3.63, 3.8) is 0 Å². The molecule has 7 heteroatoms. The number of ether oxygens (including phenoxy) is 1. The number of esters is 1. The first-order chi connectivity index (χ1) is 7.59. The van der Waals surface area contributed by atoms with Crippen molar-refractivity contribution in [3.05, 3.63) is 39.2 Å². The maximum atomic E-state index is 11.1. The Labute approximate surface area is 90.4 Å². The van der Waals surface area contributed by atoms with E-state index >= 15 is 0 Å². The Bertz CT molecular complexity index is 500. The molecule has 0 spiro atoms. The molecule has 0 aliphatic carbocycles. The van der Waals surface area contributed by atoms with Crippen LogP contribution < -0.4 is 11.2 Å². The lowest BCUT2D eigenvalue weighted by Crippen LogP contribution is -2.31. The number of nitrogens with zero attached hydrogens (tertiary/aromatic N) is 2. The molecule has 16 heavy (non-hydrogen) atoms. The van der Waals surface area contributed by atoms with Gasteiger partial charge in [0.2, 0.25) is 0 Å². The summed E-state index contributed by atoms with van der Waals surface area (Å²) in [6.07, 6.45) is 4.21. The molecule has 86 valence electrons. The highest BCUT2D eigenvalue weighted by atomic mass is 16.5. The summed E-state index contributed by atoms with van der Waals surface area (Å²) in [6, 6.07) is 0. The molecule has 0 saturated carbocycles. The second-order valence-electron chi connectivity index (χ2n) is 2.90. The van der Waals surface area contributed by atoms with Gasteiger partial charge in [-0.25, -0.2) is 9.48 Å². The quantitative estimate of drug-likeness (QED) is 0.526. The zero-order valence-corrected chi connectivity index (χ0v) is 8.67. The minimum absolute atomic E-state index is 0.146. The summed E-state index contributed by atoms with van der Waals surface area (Å²) < 4.78 is 5.71. The fourth-order valence-electron chi connectivity index (χ4n) is 0.915. The van der Waals surface area contributed by atoms with E-state index in [9.17, 15) is 14.4 Å². The maximum absolute atomic E-state index is 11.1. The van der Waals surface area contributed by atoms with Crippen molar-refractivity contribution in [2.75, 3.05) is 6.61 Å². The smallest absolute Gasteiger partial charge is 0.345 e. The third-order valence-electron chi connectivity index (χ3n) is 1.61. The van der Waals surface area contributed by atoms with Crippen LogP contribution in [0.1, 0.15) is 6.92 Å². The van der Waals surface area contributed by atoms with E-state index in [0.29, 0.717) is 0 Å². The highest BCUT2D eigenvalue weighted by molar-refractivity contribution is 5.65. The van der Waals surface area contributed by atoms with E-state index in [1.807, 2.05) is 0 Å². The molecule has 0 aromatic carbocycles. The Morgan fingerprint density at radius 2 is 2.31 bits per heavy atom. The molecule has 1 aromatic rings. The lowest BCUT2D eigenvalue weighted by molar-refractivity contribution is -0.139. The number of carbonyl (C=O) groups is 1. The van der Waals surface area contributed by atoms with E-state index in [-0.39, 0.29) is 19.1 Å². The van der Waals surface area contributed by atoms with Crippen LogP contribution >= 0.6 is 0 Å². The number of hydrogen-bond donors (Lipinski definition) is 1. The van der Waals surface area contributed by atoms with Gasteiger partial charge in [0.25, 0.3) is 5.56 Å². The third-order valence-corrected chi connectivity index (χ3v) is 1.61. The minimum Gasteiger partial charge on any atom is -0.462 e. The van der Waals surface area contributed by atoms with E-state index < -0.39 is 11.2 Å². The predicted octanol–water partition coefficient (Wildman–Crippen LogP) is -0.949. The normalized spacial score (nSPS) is 10.6. The van der Waals surface area contributed by atoms with Crippen LogP contribution in [0.3, 0.4) is 0 Å². The molecule has 0 amide bonds. The third kappa shape index (κ3) is 3.91. The van der Waals surface area contributed by atoms with Gasteiger partial charge in [0.1, 0.15) is 12.8 Å². The zero-order chi connectivity index (χ0) is 12.0. The highest BCUT2D eigenvalue weighted by Crippen LogP contribution is 1.81. The molecule has 0 aliphatic heterocycles. The van der Waals surface area contributed by atoms with Crippen molar-refractivity contribution in [2.24, 2.45) is 0 Å². The van der Waals surface area contributed by atoms with Crippen molar-refractivity contribution in [2.45, 2.75) is 13.5 Å². The Kier molecular flexibility index (Phi) is 4.19. The zero-order valence-electron chi connectivity index (χ0n) is 8.67. The van der Waals surface area contributed by atoms with Gasteiger partial charge in [-0.1, -0.05) is 6.08 Å². The lowest BCUT2D eigenvalue weighted by atomic mass is 10.5. The summed E-state index contributed by atoms with van der Waals surface area (Å²) in [7, 11) is 0. The number of aromatic amines is 1. The van der Waals surface area contributed by atoms with Crippen molar-refractivity contribution >= 4 is 5.97 Å². The van der Waals surface area contributed by atoms with Crippen LogP contribution in [0.5, 0.6) is 0 Å². The summed E-state index contributed by atoms with van der Waals surface area (Å²) in [4.78, 5) is 34.3. The molecule has 1 aromatic heterocycles. The average molecular weight is 225 g/mol. The van der Waals surface area contributed by atoms with Gasteiger partial charge in [0.05, 0.1) is 6.54 Å². The fraction of sp³-hybridized carbons (Fsp3) is 0.333. The second-order valence-corrected chi connectivity index (χ2v) is 2.90. The molecule has 7 nitrogen and oxygen atoms in total. The number of H-pyrrole nitrogens is 1. The standard InChI is InChI=1S/C9H11N3O4/c1-7(13)16-5-3-2-4-12-9(15)11-8(14)6-10-12/h2-3,6H,4-5H2,1H3,(H,11,14,15)/b3-2+. The van der Waals surface area contributed by atoms with Crippen molar-refractivity contribution in [3.8, 4) is 0 Å². The van der Waals surface area contributed by atoms with Crippen LogP contribution in [0, 0.1) is 0 Å². The van der Waals surface area contributed by atoms with Crippen molar-refractivity contribution < 1.29 is 9.53 Å². The van der Waals surface area contributed by atoms with E-state index in [1.165, 1.54) is 6.92 Å². The highest BCUT2D eigenvalue weighted by Gasteiger charge is 1.94. The molecule has 0 fully saturated rings. The van der Waals surface area contributed by atoms with E-state index in [0.717, 1.165) is 10.9 Å². The average Bonchev–Trinajstić information content (AvgIpc) is 2.20. The van der Waals surface area contributed by atoms with Crippen LogP contribution in [0.4, 0.5) is 0 Å². The summed E-state index contributed by atoms with van der Waals surface area (Å²) >= 11 is 0. The van der Waals surface area contributed by atoms with Crippen LogP contribution in [-0.2, 0) is 16.1 Å². The number of hydrogen-bond acceptors (Lipinski definition) is 5. The topological polar surface area (TPSA) is 94.1 Å². The SMILES string of the molecule is CC(=O)OC/C=C/Cn1ncc(=O)[nH]c1=O. The van der Waals surface area contributed by atoms with E-state index in [2.05, 4.69) is 14.8 Å². The van der Waals surface area contributed by atoms with Gasteiger partial charge in [0, 0.05) is 6.92 Å². The van der Waals surface area contributed by atoms with Gasteiger partial charge < -0.3 is 4.74 Å². The molecular weight excluding hydrogens is 214 g/mol. The Morgan fingerprint density at radius 1 is 1.56 bits per heavy atom. The molecule has 1 rings (SSSR count). The molecule has 1 heterocycles. The van der Waals surface area contributed by atoms with Gasteiger partial charge >= 0.3 is 11.7 Å². The van der Waals surface area contributed by atoms with Crippen LogP contribution in [0.25, 0.3) is 0 Å². The molecule has 1 N–H and O–H groups in total. The van der Waals surface area contributed by atoms with Crippen molar-refractivity contribution in [1.29, 1.82) is 0 Å². The van der Waals surface area contributed by atoms with Gasteiger partial charge in [-0.2, -0.15) is 5.10 Å². The molecule has 0 radical (unpaired) electrons. The first-order valence-electron chi connectivity index (χ1n) is 4.54. The van der Waals surface area contributed by atoms with Gasteiger partial charge in [-0.15, -0.1) is 0 Å². The predicted molar refractivity (Wildman–Crippen MR) is 54.9 cm³/mol. The molecular formula is C9H11N3O4. The molecule has 0 aliphatic rings. The van der Waals surface area contributed by atoms with Crippen LogP contribution in [0.2, 0.25) is 0 Å². The largest absolute Gasteiger partial charge is 0.462 e. The Hall–Kier alpha value is -2.18. The molecule has 0 unspecified atom stereocenters. The number of aromatic nitrogens is 3.